The molecule has 0 saturated carbocycles. The van der Waals surface area contributed by atoms with Gasteiger partial charge >= 0.3 is 6.18 Å². The van der Waals surface area contributed by atoms with Gasteiger partial charge in [0.2, 0.25) is 15.9 Å². The minimum absolute atomic E-state index is 0.277. The first-order valence-electron chi connectivity index (χ1n) is 9.07. The summed E-state index contributed by atoms with van der Waals surface area (Å²) >= 11 is 0. The monoisotopic (exact) mass is 428 g/mol. The highest BCUT2D eigenvalue weighted by molar-refractivity contribution is 7.89. The Morgan fingerprint density at radius 2 is 1.66 bits per heavy atom. The molecule has 0 bridgehead atoms. The Bertz CT molecular complexity index is 931. The standard InChI is InChI=1S/C20H23F3N2O3S/c1-3-13-25(14-16-9-5-4-6-10-16)19(26)15(2)24-29(27,28)18-12-8-7-11-17(18)20(21,22)23/h4-12,15,24H,3,13-14H2,1-2H3. The van der Waals surface area contributed by atoms with Gasteiger partial charge in [-0.25, -0.2) is 8.42 Å². The zero-order valence-corrected chi connectivity index (χ0v) is 16.9. The average molecular weight is 428 g/mol. The molecular formula is C20H23F3N2O3S. The van der Waals surface area contributed by atoms with Gasteiger partial charge in [0.05, 0.1) is 16.5 Å². The van der Waals surface area contributed by atoms with Crippen LogP contribution in [0.5, 0.6) is 0 Å². The highest BCUT2D eigenvalue weighted by Crippen LogP contribution is 2.33. The molecule has 2 aromatic carbocycles. The molecule has 2 rings (SSSR count). The molecule has 0 spiro atoms. The summed E-state index contributed by atoms with van der Waals surface area (Å²) in [6, 6.07) is 11.8. The van der Waals surface area contributed by atoms with E-state index in [2.05, 4.69) is 4.72 Å². The second kappa shape index (κ2) is 9.41. The van der Waals surface area contributed by atoms with Crippen molar-refractivity contribution in [2.75, 3.05) is 6.54 Å². The Kier molecular flexibility index (Phi) is 7.43. The van der Waals surface area contributed by atoms with Crippen LogP contribution >= 0.6 is 0 Å². The number of halogens is 3. The van der Waals surface area contributed by atoms with E-state index in [1.54, 1.807) is 0 Å². The fraction of sp³-hybridized carbons (Fsp3) is 0.350. The summed E-state index contributed by atoms with van der Waals surface area (Å²) in [5.74, 6) is -0.510. The van der Waals surface area contributed by atoms with Gasteiger partial charge in [-0.3, -0.25) is 4.79 Å². The Morgan fingerprint density at radius 3 is 2.24 bits per heavy atom. The van der Waals surface area contributed by atoms with Crippen molar-refractivity contribution in [2.45, 2.75) is 43.9 Å². The molecule has 29 heavy (non-hydrogen) atoms. The van der Waals surface area contributed by atoms with Gasteiger partial charge in [-0.15, -0.1) is 0 Å². The quantitative estimate of drug-likeness (QED) is 0.695. The highest BCUT2D eigenvalue weighted by atomic mass is 32.2. The molecule has 0 fully saturated rings. The van der Waals surface area contributed by atoms with Crippen molar-refractivity contribution in [3.05, 3.63) is 65.7 Å². The van der Waals surface area contributed by atoms with Crippen molar-refractivity contribution >= 4 is 15.9 Å². The van der Waals surface area contributed by atoms with Crippen LogP contribution in [0.25, 0.3) is 0 Å². The zero-order valence-electron chi connectivity index (χ0n) is 16.1. The topological polar surface area (TPSA) is 66.5 Å². The summed E-state index contributed by atoms with van der Waals surface area (Å²) in [6.07, 6.45) is -4.19. The van der Waals surface area contributed by atoms with Crippen LogP contribution in [0, 0.1) is 0 Å². The molecule has 1 N–H and O–H groups in total. The summed E-state index contributed by atoms with van der Waals surface area (Å²) in [4.78, 5) is 13.4. The van der Waals surface area contributed by atoms with Crippen molar-refractivity contribution < 1.29 is 26.4 Å². The third kappa shape index (κ3) is 6.04. The molecule has 0 aliphatic heterocycles. The minimum Gasteiger partial charge on any atom is -0.337 e. The lowest BCUT2D eigenvalue weighted by atomic mass is 10.2. The summed E-state index contributed by atoms with van der Waals surface area (Å²) in [6.45, 7) is 3.86. The first kappa shape index (κ1) is 22.9. The van der Waals surface area contributed by atoms with Gasteiger partial charge < -0.3 is 4.90 Å². The number of rotatable bonds is 8. The first-order chi connectivity index (χ1) is 13.6. The number of hydrogen-bond acceptors (Lipinski definition) is 3. The number of sulfonamides is 1. The molecule has 1 amide bonds. The maximum atomic E-state index is 13.2. The smallest absolute Gasteiger partial charge is 0.337 e. The van der Waals surface area contributed by atoms with Gasteiger partial charge in [-0.05, 0) is 31.0 Å². The van der Waals surface area contributed by atoms with Gasteiger partial charge in [-0.2, -0.15) is 17.9 Å². The molecule has 5 nitrogen and oxygen atoms in total. The number of benzene rings is 2. The molecule has 1 unspecified atom stereocenters. The number of carbonyl (C=O) groups excluding carboxylic acids is 1. The third-order valence-corrected chi connectivity index (χ3v) is 5.80. The van der Waals surface area contributed by atoms with Gasteiger partial charge in [-0.1, -0.05) is 49.4 Å². The van der Waals surface area contributed by atoms with E-state index >= 15 is 0 Å². The fourth-order valence-electron chi connectivity index (χ4n) is 2.90. The molecule has 9 heteroatoms. The number of hydrogen-bond donors (Lipinski definition) is 1. The van der Waals surface area contributed by atoms with E-state index in [-0.39, 0.29) is 6.54 Å². The van der Waals surface area contributed by atoms with Gasteiger partial charge in [0.25, 0.3) is 0 Å². The maximum absolute atomic E-state index is 13.2. The number of nitrogens with one attached hydrogen (secondary N) is 1. The van der Waals surface area contributed by atoms with Gasteiger partial charge in [0.1, 0.15) is 0 Å². The number of alkyl halides is 3. The van der Waals surface area contributed by atoms with Gasteiger partial charge in [0, 0.05) is 13.1 Å². The Balaban J connectivity index is 2.23. The zero-order chi connectivity index (χ0) is 21.7. The fourth-order valence-corrected chi connectivity index (χ4v) is 4.32. The van der Waals surface area contributed by atoms with E-state index in [4.69, 9.17) is 0 Å². The first-order valence-corrected chi connectivity index (χ1v) is 10.6. The second-order valence-electron chi connectivity index (χ2n) is 6.58. The summed E-state index contributed by atoms with van der Waals surface area (Å²) in [5.41, 5.74) is -0.409. The number of nitrogens with zero attached hydrogens (tertiary/aromatic N) is 1. The molecule has 0 aliphatic rings. The van der Waals surface area contributed by atoms with Crippen molar-refractivity contribution in [3.8, 4) is 0 Å². The van der Waals surface area contributed by atoms with Crippen LogP contribution in [-0.4, -0.2) is 31.8 Å². The van der Waals surface area contributed by atoms with E-state index in [9.17, 15) is 26.4 Å². The third-order valence-electron chi connectivity index (χ3n) is 4.21. The lowest BCUT2D eigenvalue weighted by Crippen LogP contribution is -2.47. The molecule has 0 aromatic heterocycles. The molecule has 0 radical (unpaired) electrons. The predicted molar refractivity (Wildman–Crippen MR) is 103 cm³/mol. The van der Waals surface area contributed by atoms with Crippen LogP contribution in [-0.2, 0) is 27.5 Å². The maximum Gasteiger partial charge on any atom is 0.417 e. The Hall–Kier alpha value is -2.39. The highest BCUT2D eigenvalue weighted by Gasteiger charge is 2.37. The van der Waals surface area contributed by atoms with E-state index in [1.807, 2.05) is 37.3 Å². The predicted octanol–water partition coefficient (Wildman–Crippen LogP) is 3.81. The van der Waals surface area contributed by atoms with E-state index in [0.29, 0.717) is 19.0 Å². The van der Waals surface area contributed by atoms with Crippen LogP contribution in [0.2, 0.25) is 0 Å². The number of carbonyl (C=O) groups is 1. The Morgan fingerprint density at radius 1 is 1.07 bits per heavy atom. The van der Waals surface area contributed by atoms with Crippen LogP contribution in [0.3, 0.4) is 0 Å². The second-order valence-corrected chi connectivity index (χ2v) is 8.26. The largest absolute Gasteiger partial charge is 0.417 e. The van der Waals surface area contributed by atoms with Crippen LogP contribution in [0.15, 0.2) is 59.5 Å². The van der Waals surface area contributed by atoms with Crippen molar-refractivity contribution in [2.24, 2.45) is 0 Å². The molecule has 0 saturated heterocycles. The van der Waals surface area contributed by atoms with E-state index in [0.717, 1.165) is 17.7 Å². The van der Waals surface area contributed by atoms with Gasteiger partial charge in [0.15, 0.2) is 0 Å². The Labute approximate surface area is 168 Å². The SMILES string of the molecule is CCCN(Cc1ccccc1)C(=O)C(C)NS(=O)(=O)c1ccccc1C(F)(F)F. The minimum atomic E-state index is -4.83. The molecule has 2 aromatic rings. The summed E-state index contributed by atoms with van der Waals surface area (Å²) in [5, 5.41) is 0. The van der Waals surface area contributed by atoms with Crippen LogP contribution in [0.4, 0.5) is 13.2 Å². The van der Waals surface area contributed by atoms with Crippen molar-refractivity contribution in [1.29, 1.82) is 0 Å². The number of amides is 1. The van der Waals surface area contributed by atoms with Crippen molar-refractivity contribution in [3.63, 3.8) is 0 Å². The molecule has 0 aliphatic carbocycles. The van der Waals surface area contributed by atoms with Crippen molar-refractivity contribution in [1.82, 2.24) is 9.62 Å². The van der Waals surface area contributed by atoms with Crippen LogP contribution in [0.1, 0.15) is 31.4 Å². The van der Waals surface area contributed by atoms with E-state index < -0.39 is 38.6 Å². The molecule has 158 valence electrons. The average Bonchev–Trinajstić information content (AvgIpc) is 2.67. The molecular weight excluding hydrogens is 405 g/mol. The normalized spacial score (nSPS) is 13.1. The molecule has 1 atom stereocenters. The van der Waals surface area contributed by atoms with Crippen LogP contribution < -0.4 is 4.72 Å². The molecule has 0 heterocycles. The summed E-state index contributed by atoms with van der Waals surface area (Å²) < 4.78 is 66.8. The van der Waals surface area contributed by atoms with E-state index in [1.165, 1.54) is 17.9 Å². The lowest BCUT2D eigenvalue weighted by molar-refractivity contribution is -0.139. The lowest BCUT2D eigenvalue weighted by Gasteiger charge is -2.26. The summed E-state index contributed by atoms with van der Waals surface area (Å²) in [7, 11) is -4.56.